The van der Waals surface area contributed by atoms with Crippen LogP contribution in [0.3, 0.4) is 0 Å². The SMILES string of the molecule is CCSCCC(CCl)C1CCS(=O)(=O)C1. The van der Waals surface area contributed by atoms with Crippen molar-refractivity contribution in [2.24, 2.45) is 11.8 Å². The minimum absolute atomic E-state index is 0.310. The van der Waals surface area contributed by atoms with Gasteiger partial charge in [0.25, 0.3) is 0 Å². The van der Waals surface area contributed by atoms with Crippen LogP contribution >= 0.6 is 23.4 Å². The summed E-state index contributed by atoms with van der Waals surface area (Å²) in [5.41, 5.74) is 0. The fraction of sp³-hybridized carbons (Fsp3) is 1.00. The van der Waals surface area contributed by atoms with Crippen molar-refractivity contribution in [3.05, 3.63) is 0 Å². The number of hydrogen-bond donors (Lipinski definition) is 0. The van der Waals surface area contributed by atoms with Gasteiger partial charge in [-0.05, 0) is 36.2 Å². The minimum Gasteiger partial charge on any atom is -0.229 e. The largest absolute Gasteiger partial charge is 0.229 e. The molecule has 0 aromatic carbocycles. The third-order valence-electron chi connectivity index (χ3n) is 2.97. The van der Waals surface area contributed by atoms with Crippen molar-refractivity contribution in [2.75, 3.05) is 28.9 Å². The Hall–Kier alpha value is 0.590. The van der Waals surface area contributed by atoms with Crippen LogP contribution in [0.25, 0.3) is 0 Å². The summed E-state index contributed by atoms with van der Waals surface area (Å²) in [6, 6.07) is 0. The Labute approximate surface area is 102 Å². The summed E-state index contributed by atoms with van der Waals surface area (Å²) in [4.78, 5) is 0. The number of hydrogen-bond acceptors (Lipinski definition) is 3. The first-order valence-electron chi connectivity index (χ1n) is 5.43. The summed E-state index contributed by atoms with van der Waals surface area (Å²) in [5.74, 6) is 4.26. The molecule has 0 aliphatic carbocycles. The van der Waals surface area contributed by atoms with E-state index in [0.29, 0.717) is 29.2 Å². The zero-order chi connectivity index (χ0) is 11.3. The van der Waals surface area contributed by atoms with Gasteiger partial charge in [0.05, 0.1) is 11.5 Å². The van der Waals surface area contributed by atoms with Crippen LogP contribution in [-0.2, 0) is 9.84 Å². The maximum atomic E-state index is 11.3. The molecule has 0 radical (unpaired) electrons. The van der Waals surface area contributed by atoms with Crippen LogP contribution in [0.2, 0.25) is 0 Å². The van der Waals surface area contributed by atoms with Crippen LogP contribution in [0, 0.1) is 11.8 Å². The van der Waals surface area contributed by atoms with Crippen LogP contribution in [0.5, 0.6) is 0 Å². The highest BCUT2D eigenvalue weighted by molar-refractivity contribution is 7.99. The fourth-order valence-corrected chi connectivity index (χ4v) is 5.10. The summed E-state index contributed by atoms with van der Waals surface area (Å²) >= 11 is 7.82. The Morgan fingerprint density at radius 3 is 2.73 bits per heavy atom. The monoisotopic (exact) mass is 270 g/mol. The highest BCUT2D eigenvalue weighted by Crippen LogP contribution is 2.29. The molecule has 0 N–H and O–H groups in total. The van der Waals surface area contributed by atoms with Crippen molar-refractivity contribution in [1.29, 1.82) is 0 Å². The Bertz CT molecular complexity index is 277. The molecule has 15 heavy (non-hydrogen) atoms. The van der Waals surface area contributed by atoms with Gasteiger partial charge in [0.1, 0.15) is 0 Å². The predicted octanol–water partition coefficient (Wildman–Crippen LogP) is 2.42. The van der Waals surface area contributed by atoms with E-state index < -0.39 is 9.84 Å². The van der Waals surface area contributed by atoms with Gasteiger partial charge in [-0.3, -0.25) is 0 Å². The molecule has 1 rings (SSSR count). The normalized spacial score (nSPS) is 26.7. The minimum atomic E-state index is -2.75. The van der Waals surface area contributed by atoms with Crippen molar-refractivity contribution in [2.45, 2.75) is 19.8 Å². The summed E-state index contributed by atoms with van der Waals surface area (Å²) in [6.07, 6.45) is 1.87. The molecular formula is C10H19ClO2S2. The third kappa shape index (κ3) is 4.53. The van der Waals surface area contributed by atoms with Gasteiger partial charge in [0.2, 0.25) is 0 Å². The third-order valence-corrected chi connectivity index (χ3v) is 6.09. The lowest BCUT2D eigenvalue weighted by Gasteiger charge is -2.19. The number of rotatable bonds is 6. The van der Waals surface area contributed by atoms with E-state index in [4.69, 9.17) is 11.6 Å². The van der Waals surface area contributed by atoms with E-state index in [1.54, 1.807) is 0 Å². The quantitative estimate of drug-likeness (QED) is 0.549. The van der Waals surface area contributed by atoms with E-state index >= 15 is 0 Å². The molecule has 2 unspecified atom stereocenters. The van der Waals surface area contributed by atoms with E-state index in [9.17, 15) is 8.42 Å². The first kappa shape index (κ1) is 13.7. The lowest BCUT2D eigenvalue weighted by molar-refractivity contribution is 0.392. The van der Waals surface area contributed by atoms with Gasteiger partial charge in [-0.25, -0.2) is 8.42 Å². The van der Waals surface area contributed by atoms with Gasteiger partial charge < -0.3 is 0 Å². The zero-order valence-corrected chi connectivity index (χ0v) is 11.5. The summed E-state index contributed by atoms with van der Waals surface area (Å²) < 4.78 is 22.7. The van der Waals surface area contributed by atoms with Gasteiger partial charge >= 0.3 is 0 Å². The Morgan fingerprint density at radius 2 is 2.27 bits per heavy atom. The second-order valence-electron chi connectivity index (χ2n) is 4.06. The smallest absolute Gasteiger partial charge is 0.150 e. The number of sulfone groups is 1. The van der Waals surface area contributed by atoms with Crippen molar-refractivity contribution in [3.8, 4) is 0 Å². The second kappa shape index (κ2) is 6.36. The molecule has 0 bridgehead atoms. The standard InChI is InChI=1S/C10H19ClO2S2/c1-2-14-5-3-9(7-11)10-4-6-15(12,13)8-10/h9-10H,2-8H2,1H3. The Balaban J connectivity index is 2.39. The molecule has 1 fully saturated rings. The first-order valence-corrected chi connectivity index (χ1v) is 8.94. The molecule has 1 saturated heterocycles. The van der Waals surface area contributed by atoms with Crippen molar-refractivity contribution >= 4 is 33.2 Å². The van der Waals surface area contributed by atoms with Crippen molar-refractivity contribution < 1.29 is 8.42 Å². The van der Waals surface area contributed by atoms with Crippen molar-refractivity contribution in [3.63, 3.8) is 0 Å². The van der Waals surface area contributed by atoms with E-state index in [0.717, 1.165) is 24.3 Å². The van der Waals surface area contributed by atoms with Gasteiger partial charge in [0, 0.05) is 5.88 Å². The molecule has 2 atom stereocenters. The van der Waals surface area contributed by atoms with E-state index in [1.165, 1.54) is 0 Å². The average molecular weight is 271 g/mol. The van der Waals surface area contributed by atoms with E-state index in [-0.39, 0.29) is 0 Å². The molecule has 1 aliphatic rings. The second-order valence-corrected chi connectivity index (χ2v) is 7.99. The highest BCUT2D eigenvalue weighted by atomic mass is 35.5. The van der Waals surface area contributed by atoms with Crippen molar-refractivity contribution in [1.82, 2.24) is 0 Å². The topological polar surface area (TPSA) is 34.1 Å². The van der Waals surface area contributed by atoms with Gasteiger partial charge in [-0.15, -0.1) is 11.6 Å². The molecule has 0 spiro atoms. The lowest BCUT2D eigenvalue weighted by atomic mass is 9.91. The Morgan fingerprint density at radius 1 is 1.53 bits per heavy atom. The highest BCUT2D eigenvalue weighted by Gasteiger charge is 2.32. The lowest BCUT2D eigenvalue weighted by Crippen LogP contribution is -2.18. The Kier molecular flexibility index (Phi) is 5.79. The summed E-state index contributed by atoms with van der Waals surface area (Å²) in [6.45, 7) is 2.14. The summed E-state index contributed by atoms with van der Waals surface area (Å²) in [5, 5.41) is 0. The molecule has 0 amide bonds. The maximum Gasteiger partial charge on any atom is 0.150 e. The number of halogens is 1. The van der Waals surface area contributed by atoms with Crippen LogP contribution < -0.4 is 0 Å². The fourth-order valence-electron chi connectivity index (χ4n) is 2.01. The average Bonchev–Trinajstić information content (AvgIpc) is 2.54. The van der Waals surface area contributed by atoms with Crippen LogP contribution in [-0.4, -0.2) is 37.3 Å². The molecule has 0 aromatic rings. The van der Waals surface area contributed by atoms with Crippen LogP contribution in [0.4, 0.5) is 0 Å². The van der Waals surface area contributed by atoms with Crippen LogP contribution in [0.15, 0.2) is 0 Å². The molecule has 0 aromatic heterocycles. The molecule has 90 valence electrons. The molecular weight excluding hydrogens is 252 g/mol. The van der Waals surface area contributed by atoms with Gasteiger partial charge in [0.15, 0.2) is 9.84 Å². The first-order chi connectivity index (χ1) is 7.09. The molecule has 1 aliphatic heterocycles. The molecule has 1 heterocycles. The van der Waals surface area contributed by atoms with Gasteiger partial charge in [-0.1, -0.05) is 6.92 Å². The molecule has 2 nitrogen and oxygen atoms in total. The van der Waals surface area contributed by atoms with E-state index in [2.05, 4.69) is 6.92 Å². The van der Waals surface area contributed by atoms with E-state index in [1.807, 2.05) is 11.8 Å². The molecule has 5 heteroatoms. The van der Waals surface area contributed by atoms with Crippen LogP contribution in [0.1, 0.15) is 19.8 Å². The predicted molar refractivity (Wildman–Crippen MR) is 68.6 cm³/mol. The van der Waals surface area contributed by atoms with Gasteiger partial charge in [-0.2, -0.15) is 11.8 Å². The molecule has 0 saturated carbocycles. The summed E-state index contributed by atoms with van der Waals surface area (Å²) in [7, 11) is -2.75. The number of thioether (sulfide) groups is 1. The maximum absolute atomic E-state index is 11.3. The zero-order valence-electron chi connectivity index (χ0n) is 9.12. The number of alkyl halides is 1.